The fourth-order valence-electron chi connectivity index (χ4n) is 2.95. The average Bonchev–Trinajstić information content (AvgIpc) is 3.07. The lowest BCUT2D eigenvalue weighted by Gasteiger charge is -2.14. The van der Waals surface area contributed by atoms with Crippen molar-refractivity contribution >= 4 is 10.0 Å². The molecule has 0 aliphatic carbocycles. The molecule has 1 aliphatic rings. The van der Waals surface area contributed by atoms with Crippen LogP contribution in [0.4, 0.5) is 0 Å². The van der Waals surface area contributed by atoms with Gasteiger partial charge in [0.05, 0.1) is 37.7 Å². The zero-order valence-corrected chi connectivity index (χ0v) is 15.5. The van der Waals surface area contributed by atoms with Gasteiger partial charge < -0.3 is 14.4 Å². The lowest BCUT2D eigenvalue weighted by molar-refractivity contribution is -0.887. The molecule has 2 N–H and O–H groups in total. The van der Waals surface area contributed by atoms with E-state index in [1.807, 2.05) is 13.8 Å². The minimum Gasteiger partial charge on any atom is -0.490 e. The Labute approximate surface area is 145 Å². The van der Waals surface area contributed by atoms with Gasteiger partial charge in [-0.1, -0.05) is 0 Å². The first kappa shape index (κ1) is 19.0. The molecular formula is C17H29N2O4S+. The van der Waals surface area contributed by atoms with Crippen molar-refractivity contribution in [3.63, 3.8) is 0 Å². The molecule has 1 fully saturated rings. The van der Waals surface area contributed by atoms with Gasteiger partial charge in [-0.15, -0.1) is 0 Å². The third-order valence-corrected chi connectivity index (χ3v) is 5.59. The Morgan fingerprint density at radius 1 is 1.08 bits per heavy atom. The topological polar surface area (TPSA) is 69.1 Å². The maximum atomic E-state index is 12.4. The smallest absolute Gasteiger partial charge is 0.240 e. The van der Waals surface area contributed by atoms with E-state index in [4.69, 9.17) is 9.47 Å². The lowest BCUT2D eigenvalue weighted by atomic mass is 10.3. The molecule has 6 nitrogen and oxygen atoms in total. The third-order valence-electron chi connectivity index (χ3n) is 4.14. The Morgan fingerprint density at radius 3 is 2.42 bits per heavy atom. The molecular weight excluding hydrogens is 328 g/mol. The van der Waals surface area contributed by atoms with Crippen LogP contribution in [0.5, 0.6) is 11.5 Å². The summed E-state index contributed by atoms with van der Waals surface area (Å²) < 4.78 is 38.5. The Kier molecular flexibility index (Phi) is 7.33. The summed E-state index contributed by atoms with van der Waals surface area (Å²) in [6.07, 6.45) is 3.42. The van der Waals surface area contributed by atoms with E-state index >= 15 is 0 Å². The second-order valence-electron chi connectivity index (χ2n) is 5.93. The van der Waals surface area contributed by atoms with Gasteiger partial charge in [0.2, 0.25) is 10.0 Å². The van der Waals surface area contributed by atoms with Gasteiger partial charge in [-0.3, -0.25) is 0 Å². The van der Waals surface area contributed by atoms with Gasteiger partial charge >= 0.3 is 0 Å². The fraction of sp³-hybridized carbons (Fsp3) is 0.647. The second kappa shape index (κ2) is 9.25. The largest absolute Gasteiger partial charge is 0.490 e. The highest BCUT2D eigenvalue weighted by Crippen LogP contribution is 2.30. The summed E-state index contributed by atoms with van der Waals surface area (Å²) in [4.78, 5) is 1.79. The summed E-state index contributed by atoms with van der Waals surface area (Å²) >= 11 is 0. The number of quaternary nitrogens is 1. The Balaban J connectivity index is 1.95. The second-order valence-corrected chi connectivity index (χ2v) is 7.70. The zero-order valence-electron chi connectivity index (χ0n) is 14.6. The molecule has 0 atom stereocenters. The van der Waals surface area contributed by atoms with Gasteiger partial charge in [0.1, 0.15) is 0 Å². The van der Waals surface area contributed by atoms with Crippen LogP contribution < -0.4 is 19.1 Å². The van der Waals surface area contributed by atoms with Crippen molar-refractivity contribution in [2.45, 2.75) is 38.0 Å². The monoisotopic (exact) mass is 357 g/mol. The van der Waals surface area contributed by atoms with Crippen molar-refractivity contribution in [3.8, 4) is 11.5 Å². The number of nitrogens with one attached hydrogen (secondary N) is 2. The number of benzene rings is 1. The van der Waals surface area contributed by atoms with Crippen LogP contribution in [0.2, 0.25) is 0 Å². The highest BCUT2D eigenvalue weighted by Gasteiger charge is 2.18. The van der Waals surface area contributed by atoms with Crippen LogP contribution in [-0.4, -0.2) is 47.8 Å². The van der Waals surface area contributed by atoms with E-state index in [2.05, 4.69) is 4.72 Å². The van der Waals surface area contributed by atoms with E-state index in [-0.39, 0.29) is 4.90 Å². The molecule has 1 aromatic carbocycles. The van der Waals surface area contributed by atoms with Gasteiger partial charge in [-0.2, -0.15) is 0 Å². The summed E-state index contributed by atoms with van der Waals surface area (Å²) in [6, 6.07) is 4.74. The first-order chi connectivity index (χ1) is 11.6. The Bertz CT molecular complexity index is 613. The summed E-state index contributed by atoms with van der Waals surface area (Å²) in [7, 11) is -3.52. The molecule has 0 bridgehead atoms. The van der Waals surface area contributed by atoms with Crippen molar-refractivity contribution in [1.82, 2.24) is 4.72 Å². The van der Waals surface area contributed by atoms with Crippen LogP contribution in [0, 0.1) is 0 Å². The quantitative estimate of drug-likeness (QED) is 0.609. The molecule has 0 unspecified atom stereocenters. The van der Waals surface area contributed by atoms with Gasteiger partial charge in [0, 0.05) is 31.9 Å². The van der Waals surface area contributed by atoms with Crippen molar-refractivity contribution in [2.24, 2.45) is 0 Å². The van der Waals surface area contributed by atoms with Crippen molar-refractivity contribution in [3.05, 3.63) is 18.2 Å². The number of sulfonamides is 1. The number of hydrogen-bond donors (Lipinski definition) is 2. The fourth-order valence-corrected chi connectivity index (χ4v) is 4.04. The third kappa shape index (κ3) is 5.36. The summed E-state index contributed by atoms with van der Waals surface area (Å²) in [6.45, 7) is 8.60. The molecule has 1 heterocycles. The molecule has 7 heteroatoms. The predicted octanol–water partition coefficient (Wildman–Crippen LogP) is 0.831. The minimum absolute atomic E-state index is 0.211. The molecule has 0 radical (unpaired) electrons. The highest BCUT2D eigenvalue weighted by atomic mass is 32.2. The SMILES string of the molecule is CCOc1ccc(S(=O)(=O)NCCC[NH+]2CCCC2)cc1OCC. The van der Waals surface area contributed by atoms with E-state index in [0.717, 1.165) is 13.0 Å². The number of hydrogen-bond acceptors (Lipinski definition) is 4. The van der Waals surface area contributed by atoms with E-state index < -0.39 is 10.0 Å². The van der Waals surface area contributed by atoms with Crippen molar-refractivity contribution in [1.29, 1.82) is 0 Å². The van der Waals surface area contributed by atoms with E-state index in [0.29, 0.717) is 31.3 Å². The average molecular weight is 357 g/mol. The van der Waals surface area contributed by atoms with E-state index in [1.165, 1.54) is 32.0 Å². The highest BCUT2D eigenvalue weighted by molar-refractivity contribution is 7.89. The van der Waals surface area contributed by atoms with Gasteiger partial charge in [-0.05, 0) is 26.0 Å². The molecule has 0 spiro atoms. The standard InChI is InChI=1S/C17H28N2O4S/c1-3-22-16-9-8-15(14-17(16)23-4-2)24(20,21)18-10-7-13-19-11-5-6-12-19/h8-9,14,18H,3-7,10-13H2,1-2H3/p+1. The zero-order chi connectivity index (χ0) is 17.4. The Morgan fingerprint density at radius 2 is 1.75 bits per heavy atom. The predicted molar refractivity (Wildman–Crippen MR) is 93.4 cm³/mol. The van der Waals surface area contributed by atoms with E-state index in [1.54, 1.807) is 17.0 Å². The van der Waals surface area contributed by atoms with Crippen LogP contribution in [0.3, 0.4) is 0 Å². The van der Waals surface area contributed by atoms with Crippen LogP contribution >= 0.6 is 0 Å². The van der Waals surface area contributed by atoms with Crippen molar-refractivity contribution < 1.29 is 22.8 Å². The summed E-state index contributed by atoms with van der Waals surface area (Å²) in [5.41, 5.74) is 0. The Hall–Kier alpha value is -1.31. The number of rotatable bonds is 10. The number of likely N-dealkylation sites (tertiary alicyclic amines) is 1. The maximum Gasteiger partial charge on any atom is 0.240 e. The van der Waals surface area contributed by atoms with Crippen LogP contribution in [0.1, 0.15) is 33.1 Å². The molecule has 1 aliphatic heterocycles. The van der Waals surface area contributed by atoms with Gasteiger partial charge in [-0.25, -0.2) is 13.1 Å². The summed E-state index contributed by atoms with van der Waals surface area (Å²) in [5, 5.41) is 0. The molecule has 1 aromatic rings. The van der Waals surface area contributed by atoms with Crippen molar-refractivity contribution in [2.75, 3.05) is 39.4 Å². The first-order valence-electron chi connectivity index (χ1n) is 8.79. The van der Waals surface area contributed by atoms with Gasteiger partial charge in [0.25, 0.3) is 0 Å². The van der Waals surface area contributed by atoms with Crippen LogP contribution in [-0.2, 0) is 10.0 Å². The van der Waals surface area contributed by atoms with Gasteiger partial charge in [0.15, 0.2) is 11.5 Å². The molecule has 2 rings (SSSR count). The van der Waals surface area contributed by atoms with Crippen LogP contribution in [0.25, 0.3) is 0 Å². The van der Waals surface area contributed by atoms with E-state index in [9.17, 15) is 8.42 Å². The lowest BCUT2D eigenvalue weighted by Crippen LogP contribution is -3.10. The molecule has 1 saturated heterocycles. The molecule has 0 saturated carbocycles. The first-order valence-corrected chi connectivity index (χ1v) is 10.3. The maximum absolute atomic E-state index is 12.4. The molecule has 0 aromatic heterocycles. The van der Waals surface area contributed by atoms with Crippen LogP contribution in [0.15, 0.2) is 23.1 Å². The number of ether oxygens (including phenoxy) is 2. The molecule has 0 amide bonds. The minimum atomic E-state index is -3.52. The summed E-state index contributed by atoms with van der Waals surface area (Å²) in [5.74, 6) is 1.03. The molecule has 136 valence electrons. The molecule has 24 heavy (non-hydrogen) atoms. The normalized spacial score (nSPS) is 15.6.